The van der Waals surface area contributed by atoms with Crippen LogP contribution < -0.4 is 10.1 Å². The van der Waals surface area contributed by atoms with E-state index in [1.165, 1.54) is 12.1 Å². The summed E-state index contributed by atoms with van der Waals surface area (Å²) < 4.78 is 43.8. The molecule has 0 aromatic heterocycles. The van der Waals surface area contributed by atoms with E-state index in [4.69, 9.17) is 4.74 Å². The van der Waals surface area contributed by atoms with Gasteiger partial charge in [0.1, 0.15) is 5.75 Å². The molecule has 1 fully saturated rings. The number of methoxy groups -OCH3 is 1. The van der Waals surface area contributed by atoms with Gasteiger partial charge in [-0.15, -0.1) is 0 Å². The number of ether oxygens (including phenoxy) is 1. The van der Waals surface area contributed by atoms with Gasteiger partial charge in [0.05, 0.1) is 25.1 Å². The van der Waals surface area contributed by atoms with Crippen molar-refractivity contribution in [3.05, 3.63) is 65.2 Å². The molecule has 3 rings (SSSR count). The van der Waals surface area contributed by atoms with Gasteiger partial charge >= 0.3 is 6.18 Å². The second-order valence-electron chi connectivity index (χ2n) is 7.21. The van der Waals surface area contributed by atoms with Gasteiger partial charge in [-0.1, -0.05) is 30.3 Å². The summed E-state index contributed by atoms with van der Waals surface area (Å²) >= 11 is 0. The van der Waals surface area contributed by atoms with Gasteiger partial charge in [0.15, 0.2) is 0 Å². The van der Waals surface area contributed by atoms with Gasteiger partial charge in [-0.3, -0.25) is 9.69 Å². The van der Waals surface area contributed by atoms with Crippen molar-refractivity contribution < 1.29 is 22.7 Å². The van der Waals surface area contributed by atoms with Crippen molar-refractivity contribution in [3.63, 3.8) is 0 Å². The topological polar surface area (TPSA) is 41.6 Å². The molecule has 0 unspecified atom stereocenters. The zero-order valence-corrected chi connectivity index (χ0v) is 16.3. The van der Waals surface area contributed by atoms with E-state index in [1.807, 2.05) is 24.3 Å². The first-order valence-corrected chi connectivity index (χ1v) is 9.67. The minimum absolute atomic E-state index is 0.0221. The van der Waals surface area contributed by atoms with Gasteiger partial charge < -0.3 is 10.1 Å². The van der Waals surface area contributed by atoms with Crippen molar-refractivity contribution in [1.29, 1.82) is 0 Å². The Morgan fingerprint density at radius 3 is 2.45 bits per heavy atom. The maximum atomic E-state index is 12.9. The zero-order valence-electron chi connectivity index (χ0n) is 16.3. The number of carbonyl (C=O) groups is 1. The van der Waals surface area contributed by atoms with Crippen LogP contribution in [0.15, 0.2) is 48.5 Å². The van der Waals surface area contributed by atoms with E-state index in [-0.39, 0.29) is 18.4 Å². The summed E-state index contributed by atoms with van der Waals surface area (Å²) in [5, 5.41) is 2.90. The molecule has 2 aromatic carbocycles. The number of likely N-dealkylation sites (tertiary alicyclic amines) is 1. The van der Waals surface area contributed by atoms with E-state index in [0.29, 0.717) is 12.1 Å². The van der Waals surface area contributed by atoms with E-state index in [9.17, 15) is 18.0 Å². The Hall–Kier alpha value is -2.54. The standard InChI is InChI=1S/C22H25F3N2O2/c1-29-19-9-7-17(8-10-19)20(27-11-2-3-12-27)15-26-21(28)14-16-5-4-6-18(13-16)22(23,24)25/h4-10,13,20H,2-3,11-12,14-15H2,1H3,(H,26,28)/t20-/m0/s1. The normalized spacial score (nSPS) is 15.9. The first-order chi connectivity index (χ1) is 13.9. The zero-order chi connectivity index (χ0) is 20.9. The lowest BCUT2D eigenvalue weighted by molar-refractivity contribution is -0.137. The summed E-state index contributed by atoms with van der Waals surface area (Å²) in [6.45, 7) is 2.32. The van der Waals surface area contributed by atoms with Crippen LogP contribution in [0.3, 0.4) is 0 Å². The monoisotopic (exact) mass is 406 g/mol. The van der Waals surface area contributed by atoms with Crippen LogP contribution >= 0.6 is 0 Å². The Morgan fingerprint density at radius 1 is 1.14 bits per heavy atom. The van der Waals surface area contributed by atoms with Gasteiger partial charge in [0, 0.05) is 6.54 Å². The molecule has 1 atom stereocenters. The maximum absolute atomic E-state index is 12.9. The van der Waals surface area contributed by atoms with Gasteiger partial charge in [0.25, 0.3) is 0 Å². The Balaban J connectivity index is 1.65. The van der Waals surface area contributed by atoms with Crippen LogP contribution in [0.4, 0.5) is 13.2 Å². The third-order valence-electron chi connectivity index (χ3n) is 5.19. The minimum atomic E-state index is -4.41. The highest BCUT2D eigenvalue weighted by Gasteiger charge is 2.30. The summed E-state index contributed by atoms with van der Waals surface area (Å²) in [6, 6.07) is 12.7. The lowest BCUT2D eigenvalue weighted by Crippen LogP contribution is -2.37. The SMILES string of the molecule is COc1ccc([C@H](CNC(=O)Cc2cccc(C(F)(F)F)c2)N2CCCC2)cc1. The Morgan fingerprint density at radius 2 is 1.83 bits per heavy atom. The van der Waals surface area contributed by atoms with Gasteiger partial charge in [-0.25, -0.2) is 0 Å². The number of rotatable bonds is 7. The largest absolute Gasteiger partial charge is 0.497 e. The third-order valence-corrected chi connectivity index (χ3v) is 5.19. The molecule has 1 aliphatic heterocycles. The lowest BCUT2D eigenvalue weighted by atomic mass is 10.0. The molecule has 1 saturated heterocycles. The summed E-state index contributed by atoms with van der Waals surface area (Å²) in [4.78, 5) is 14.7. The van der Waals surface area contributed by atoms with Crippen LogP contribution in [0.25, 0.3) is 0 Å². The van der Waals surface area contributed by atoms with Crippen molar-refractivity contribution in [1.82, 2.24) is 10.2 Å². The van der Waals surface area contributed by atoms with Gasteiger partial charge in [-0.2, -0.15) is 13.2 Å². The number of alkyl halides is 3. The fourth-order valence-electron chi connectivity index (χ4n) is 3.65. The van der Waals surface area contributed by atoms with Crippen molar-refractivity contribution in [2.75, 3.05) is 26.7 Å². The summed E-state index contributed by atoms with van der Waals surface area (Å²) in [6.07, 6.45) is -2.27. The highest BCUT2D eigenvalue weighted by atomic mass is 19.4. The fraction of sp³-hybridized carbons (Fsp3) is 0.409. The highest BCUT2D eigenvalue weighted by molar-refractivity contribution is 5.78. The average Bonchev–Trinajstić information content (AvgIpc) is 3.23. The molecule has 4 nitrogen and oxygen atoms in total. The summed E-state index contributed by atoms with van der Waals surface area (Å²) in [5.74, 6) is 0.476. The Kier molecular flexibility index (Phi) is 6.79. The van der Waals surface area contributed by atoms with Crippen LogP contribution in [0.5, 0.6) is 5.75 Å². The Bertz CT molecular complexity index is 816. The van der Waals surface area contributed by atoms with Crippen molar-refractivity contribution in [3.8, 4) is 5.75 Å². The predicted molar refractivity (Wildman–Crippen MR) is 105 cm³/mol. The van der Waals surface area contributed by atoms with Crippen LogP contribution in [-0.2, 0) is 17.4 Å². The number of hydrogen-bond donors (Lipinski definition) is 1. The lowest BCUT2D eigenvalue weighted by Gasteiger charge is -2.28. The number of halogens is 3. The molecule has 156 valence electrons. The number of nitrogens with one attached hydrogen (secondary N) is 1. The number of benzene rings is 2. The molecule has 7 heteroatoms. The molecule has 1 amide bonds. The average molecular weight is 406 g/mol. The summed E-state index contributed by atoms with van der Waals surface area (Å²) in [5.41, 5.74) is 0.683. The number of hydrogen-bond acceptors (Lipinski definition) is 3. The molecule has 29 heavy (non-hydrogen) atoms. The molecule has 0 radical (unpaired) electrons. The number of amides is 1. The van der Waals surface area contributed by atoms with Crippen LogP contribution in [0, 0.1) is 0 Å². The van der Waals surface area contributed by atoms with Gasteiger partial charge in [0.2, 0.25) is 5.91 Å². The fourth-order valence-corrected chi connectivity index (χ4v) is 3.65. The van der Waals surface area contributed by atoms with E-state index >= 15 is 0 Å². The van der Waals surface area contributed by atoms with E-state index in [1.54, 1.807) is 7.11 Å². The molecule has 2 aromatic rings. The molecule has 0 saturated carbocycles. The second-order valence-corrected chi connectivity index (χ2v) is 7.21. The molecule has 1 heterocycles. The Labute approximate surface area is 168 Å². The number of carbonyl (C=O) groups excluding carboxylic acids is 1. The van der Waals surface area contributed by atoms with Crippen LogP contribution in [0.1, 0.15) is 35.6 Å². The molecular formula is C22H25F3N2O2. The first-order valence-electron chi connectivity index (χ1n) is 9.67. The summed E-state index contributed by atoms with van der Waals surface area (Å²) in [7, 11) is 1.61. The second kappa shape index (κ2) is 9.31. The molecule has 0 aliphatic carbocycles. The molecule has 0 bridgehead atoms. The third kappa shape index (κ3) is 5.73. The van der Waals surface area contributed by atoms with Crippen molar-refractivity contribution in [2.45, 2.75) is 31.5 Å². The predicted octanol–water partition coefficient (Wildman–Crippen LogP) is 4.21. The molecule has 1 N–H and O–H groups in total. The molecule has 1 aliphatic rings. The van der Waals surface area contributed by atoms with Crippen molar-refractivity contribution >= 4 is 5.91 Å². The van der Waals surface area contributed by atoms with Gasteiger partial charge in [-0.05, 0) is 55.3 Å². The molecular weight excluding hydrogens is 381 g/mol. The quantitative estimate of drug-likeness (QED) is 0.749. The first kappa shape index (κ1) is 21.2. The van der Waals surface area contributed by atoms with Crippen LogP contribution in [-0.4, -0.2) is 37.6 Å². The smallest absolute Gasteiger partial charge is 0.416 e. The van der Waals surface area contributed by atoms with E-state index < -0.39 is 11.7 Å². The van der Waals surface area contributed by atoms with E-state index in [2.05, 4.69) is 10.2 Å². The maximum Gasteiger partial charge on any atom is 0.416 e. The van der Waals surface area contributed by atoms with Crippen molar-refractivity contribution in [2.24, 2.45) is 0 Å². The van der Waals surface area contributed by atoms with Crippen LogP contribution in [0.2, 0.25) is 0 Å². The minimum Gasteiger partial charge on any atom is -0.497 e. The molecule has 0 spiro atoms. The highest BCUT2D eigenvalue weighted by Crippen LogP contribution is 2.30. The number of nitrogens with zero attached hydrogens (tertiary/aromatic N) is 1. The van der Waals surface area contributed by atoms with E-state index in [0.717, 1.165) is 49.4 Å².